The molecule has 0 radical (unpaired) electrons. The van der Waals surface area contributed by atoms with Gasteiger partial charge in [-0.3, -0.25) is 4.79 Å². The lowest BCUT2D eigenvalue weighted by Crippen LogP contribution is -2.29. The van der Waals surface area contributed by atoms with E-state index < -0.39 is 6.10 Å². The lowest BCUT2D eigenvalue weighted by atomic mass is 10.3. The second kappa shape index (κ2) is 3.63. The first-order chi connectivity index (χ1) is 6.68. The van der Waals surface area contributed by atoms with E-state index in [1.807, 2.05) is 0 Å². The van der Waals surface area contributed by atoms with Gasteiger partial charge in [0.05, 0.1) is 17.9 Å². The third-order valence-corrected chi connectivity index (χ3v) is 2.59. The van der Waals surface area contributed by atoms with Crippen LogP contribution in [0.4, 0.5) is 0 Å². The molecule has 1 aliphatic heterocycles. The summed E-state index contributed by atoms with van der Waals surface area (Å²) in [6.45, 7) is 0.946. The molecule has 76 valence electrons. The van der Waals surface area contributed by atoms with Crippen LogP contribution in [0.5, 0.6) is 0 Å². The summed E-state index contributed by atoms with van der Waals surface area (Å²) in [5.74, 6) is -0.180. The zero-order valence-electron chi connectivity index (χ0n) is 7.44. The average molecular weight is 216 g/mol. The fourth-order valence-corrected chi connectivity index (χ4v) is 1.74. The number of hydrogen-bond acceptors (Lipinski definition) is 3. The monoisotopic (exact) mass is 215 g/mol. The summed E-state index contributed by atoms with van der Waals surface area (Å²) in [7, 11) is 0. The number of nitrogens with zero attached hydrogens (tertiary/aromatic N) is 1. The van der Waals surface area contributed by atoms with Crippen molar-refractivity contribution in [1.29, 1.82) is 0 Å². The average Bonchev–Trinajstić information content (AvgIpc) is 2.73. The molecule has 1 aromatic rings. The summed E-state index contributed by atoms with van der Waals surface area (Å²) in [6, 6.07) is 1.54. The van der Waals surface area contributed by atoms with Crippen molar-refractivity contribution in [2.75, 3.05) is 13.1 Å². The first-order valence-corrected chi connectivity index (χ1v) is 4.76. The van der Waals surface area contributed by atoms with Gasteiger partial charge in [-0.2, -0.15) is 0 Å². The molecule has 0 bridgehead atoms. The maximum Gasteiger partial charge on any atom is 0.258 e. The van der Waals surface area contributed by atoms with E-state index >= 15 is 0 Å². The number of carbonyl (C=O) groups excluding carboxylic acids is 1. The Morgan fingerprint density at radius 3 is 3.00 bits per heavy atom. The van der Waals surface area contributed by atoms with Crippen LogP contribution in [0, 0.1) is 0 Å². The minimum absolute atomic E-state index is 0.108. The zero-order chi connectivity index (χ0) is 10.1. The normalized spacial score (nSPS) is 21.6. The van der Waals surface area contributed by atoms with Crippen LogP contribution >= 0.6 is 11.6 Å². The van der Waals surface area contributed by atoms with Crippen LogP contribution in [0.15, 0.2) is 16.7 Å². The van der Waals surface area contributed by atoms with Crippen LogP contribution in [0.2, 0.25) is 5.22 Å². The number of aliphatic hydroxyl groups excluding tert-OH is 1. The van der Waals surface area contributed by atoms with E-state index in [9.17, 15) is 9.90 Å². The highest BCUT2D eigenvalue weighted by molar-refractivity contribution is 6.32. The quantitative estimate of drug-likeness (QED) is 0.765. The van der Waals surface area contributed by atoms with E-state index in [2.05, 4.69) is 0 Å². The van der Waals surface area contributed by atoms with E-state index in [1.54, 1.807) is 4.90 Å². The Hall–Kier alpha value is -1.00. The molecular weight excluding hydrogens is 206 g/mol. The molecule has 2 rings (SSSR count). The number of aliphatic hydroxyl groups is 1. The summed E-state index contributed by atoms with van der Waals surface area (Å²) in [5.41, 5.74) is 0.362. The van der Waals surface area contributed by atoms with Crippen molar-refractivity contribution in [3.63, 3.8) is 0 Å². The van der Waals surface area contributed by atoms with Gasteiger partial charge in [-0.05, 0) is 24.1 Å². The van der Waals surface area contributed by atoms with Gasteiger partial charge in [-0.1, -0.05) is 0 Å². The molecule has 0 aliphatic carbocycles. The molecule has 0 saturated carbocycles. The lowest BCUT2D eigenvalue weighted by molar-refractivity contribution is 0.0764. The van der Waals surface area contributed by atoms with E-state index in [0.29, 0.717) is 25.1 Å². The highest BCUT2D eigenvalue weighted by Crippen LogP contribution is 2.20. The second-order valence-corrected chi connectivity index (χ2v) is 3.64. The number of β-amino-alcohol motifs (C(OH)–C–C–N with tert-alkyl or cyclic N) is 1. The van der Waals surface area contributed by atoms with Crippen molar-refractivity contribution in [3.05, 3.63) is 23.1 Å². The third-order valence-electron chi connectivity index (χ3n) is 2.30. The summed E-state index contributed by atoms with van der Waals surface area (Å²) in [4.78, 5) is 13.3. The van der Waals surface area contributed by atoms with Gasteiger partial charge in [-0.25, -0.2) is 0 Å². The van der Waals surface area contributed by atoms with Gasteiger partial charge < -0.3 is 14.4 Å². The van der Waals surface area contributed by atoms with Crippen LogP contribution in [-0.4, -0.2) is 35.1 Å². The molecule has 1 fully saturated rings. The van der Waals surface area contributed by atoms with Crippen molar-refractivity contribution < 1.29 is 14.3 Å². The number of hydrogen-bond donors (Lipinski definition) is 1. The van der Waals surface area contributed by atoms with Gasteiger partial charge in [0.2, 0.25) is 5.22 Å². The minimum Gasteiger partial charge on any atom is -0.452 e. The van der Waals surface area contributed by atoms with Crippen LogP contribution in [0.25, 0.3) is 0 Å². The SMILES string of the molecule is O=C(c1ccoc1Cl)N1CC[C@@H](O)C1. The summed E-state index contributed by atoms with van der Waals surface area (Å²) in [6.07, 6.45) is 1.59. The summed E-state index contributed by atoms with van der Waals surface area (Å²) in [5, 5.41) is 9.37. The molecule has 5 heteroatoms. The Bertz CT molecular complexity index is 350. The van der Waals surface area contributed by atoms with E-state index in [0.717, 1.165) is 0 Å². The van der Waals surface area contributed by atoms with Crippen LogP contribution in [0.1, 0.15) is 16.8 Å². The molecule has 1 saturated heterocycles. The van der Waals surface area contributed by atoms with Gasteiger partial charge in [0, 0.05) is 13.1 Å². The molecule has 2 heterocycles. The standard InChI is InChI=1S/C9H10ClNO3/c10-8-7(2-4-14-8)9(13)11-3-1-6(12)5-11/h2,4,6,12H,1,3,5H2/t6-/m1/s1. The smallest absolute Gasteiger partial charge is 0.258 e. The number of likely N-dealkylation sites (tertiary alicyclic amines) is 1. The number of rotatable bonds is 1. The predicted octanol–water partition coefficient (Wildman–Crippen LogP) is 1.14. The maximum atomic E-state index is 11.7. The molecule has 1 aliphatic rings. The number of furan rings is 1. The fraction of sp³-hybridized carbons (Fsp3) is 0.444. The Balaban J connectivity index is 2.13. The lowest BCUT2D eigenvalue weighted by Gasteiger charge is -2.13. The largest absolute Gasteiger partial charge is 0.452 e. The third kappa shape index (κ3) is 1.63. The number of carbonyl (C=O) groups is 1. The first kappa shape index (κ1) is 9.55. The Kier molecular flexibility index (Phi) is 2.48. The van der Waals surface area contributed by atoms with Crippen molar-refractivity contribution in [3.8, 4) is 0 Å². The van der Waals surface area contributed by atoms with Gasteiger partial charge in [0.15, 0.2) is 0 Å². The topological polar surface area (TPSA) is 53.7 Å². The molecule has 1 N–H and O–H groups in total. The molecule has 4 nitrogen and oxygen atoms in total. The zero-order valence-corrected chi connectivity index (χ0v) is 8.20. The van der Waals surface area contributed by atoms with E-state index in [4.69, 9.17) is 16.0 Å². The van der Waals surface area contributed by atoms with Crippen LogP contribution < -0.4 is 0 Å². The summed E-state index contributed by atoms with van der Waals surface area (Å²) >= 11 is 5.67. The Labute approximate surface area is 86.1 Å². The van der Waals surface area contributed by atoms with Crippen LogP contribution in [-0.2, 0) is 0 Å². The second-order valence-electron chi connectivity index (χ2n) is 3.30. The van der Waals surface area contributed by atoms with Crippen LogP contribution in [0.3, 0.4) is 0 Å². The molecule has 1 amide bonds. The highest BCUT2D eigenvalue weighted by Gasteiger charge is 2.27. The van der Waals surface area contributed by atoms with Crippen molar-refractivity contribution in [2.45, 2.75) is 12.5 Å². The van der Waals surface area contributed by atoms with E-state index in [-0.39, 0.29) is 11.1 Å². The molecule has 0 spiro atoms. The Morgan fingerprint density at radius 1 is 1.71 bits per heavy atom. The first-order valence-electron chi connectivity index (χ1n) is 4.39. The minimum atomic E-state index is -0.412. The molecule has 14 heavy (non-hydrogen) atoms. The fourth-order valence-electron chi connectivity index (χ4n) is 1.54. The molecule has 0 unspecified atom stereocenters. The maximum absolute atomic E-state index is 11.7. The van der Waals surface area contributed by atoms with Gasteiger partial charge in [-0.15, -0.1) is 0 Å². The summed E-state index contributed by atoms with van der Waals surface area (Å²) < 4.78 is 4.83. The molecule has 1 aromatic heterocycles. The van der Waals surface area contributed by atoms with Crippen molar-refractivity contribution in [2.24, 2.45) is 0 Å². The highest BCUT2D eigenvalue weighted by atomic mass is 35.5. The van der Waals surface area contributed by atoms with Gasteiger partial charge in [0.1, 0.15) is 0 Å². The van der Waals surface area contributed by atoms with Crippen molar-refractivity contribution in [1.82, 2.24) is 4.90 Å². The number of amides is 1. The molecule has 0 aromatic carbocycles. The molecule has 1 atom stereocenters. The van der Waals surface area contributed by atoms with Gasteiger partial charge >= 0.3 is 0 Å². The molecular formula is C9H10ClNO3. The Morgan fingerprint density at radius 2 is 2.50 bits per heavy atom. The van der Waals surface area contributed by atoms with Gasteiger partial charge in [0.25, 0.3) is 5.91 Å². The van der Waals surface area contributed by atoms with Crippen molar-refractivity contribution >= 4 is 17.5 Å². The van der Waals surface area contributed by atoms with E-state index in [1.165, 1.54) is 12.3 Å². The predicted molar refractivity (Wildman–Crippen MR) is 50.2 cm³/mol. The number of halogens is 1.